The molecule has 24 heavy (non-hydrogen) atoms. The molecule has 4 heteroatoms. The van der Waals surface area contributed by atoms with Gasteiger partial charge in [-0.25, -0.2) is 4.79 Å². The van der Waals surface area contributed by atoms with Gasteiger partial charge in [-0.3, -0.25) is 4.99 Å². The average Bonchev–Trinajstić information content (AvgIpc) is 2.82. The molecule has 3 rings (SSSR count). The number of esters is 1. The monoisotopic (exact) mass is 337 g/mol. The molecule has 0 fully saturated rings. The zero-order chi connectivity index (χ0) is 16.9. The summed E-state index contributed by atoms with van der Waals surface area (Å²) in [7, 11) is 0. The smallest absolute Gasteiger partial charge is 0.338 e. The van der Waals surface area contributed by atoms with Crippen molar-refractivity contribution in [2.75, 3.05) is 6.61 Å². The summed E-state index contributed by atoms with van der Waals surface area (Å²) < 4.78 is 5.04. The van der Waals surface area contributed by atoms with Crippen LogP contribution in [-0.4, -0.2) is 18.3 Å². The van der Waals surface area contributed by atoms with Crippen LogP contribution in [0.1, 0.15) is 41.8 Å². The summed E-state index contributed by atoms with van der Waals surface area (Å²) in [5, 5.41) is 2.11. The Morgan fingerprint density at radius 2 is 1.83 bits per heavy atom. The summed E-state index contributed by atoms with van der Waals surface area (Å²) in [4.78, 5) is 17.9. The number of allylic oxidation sites excluding steroid dienone is 1. The van der Waals surface area contributed by atoms with Gasteiger partial charge in [0.05, 0.1) is 17.9 Å². The lowest BCUT2D eigenvalue weighted by molar-refractivity contribution is 0.0526. The predicted molar refractivity (Wildman–Crippen MR) is 98.7 cm³/mol. The standard InChI is InChI=1S/C20H19NO2S/c1-3-16-13-24-18-8-6-5-7-17(18)19(21-16)14-9-11-15(12-10-14)20(22)23-4-2/h5-13H,3-4H2,1-2H3. The summed E-state index contributed by atoms with van der Waals surface area (Å²) in [6, 6.07) is 15.7. The van der Waals surface area contributed by atoms with Crippen molar-refractivity contribution < 1.29 is 9.53 Å². The molecule has 0 unspecified atom stereocenters. The highest BCUT2D eigenvalue weighted by Crippen LogP contribution is 2.31. The highest BCUT2D eigenvalue weighted by molar-refractivity contribution is 8.02. The van der Waals surface area contributed by atoms with E-state index in [2.05, 4.69) is 24.5 Å². The van der Waals surface area contributed by atoms with Crippen molar-refractivity contribution in [3.05, 3.63) is 76.3 Å². The van der Waals surface area contributed by atoms with E-state index in [1.54, 1.807) is 30.8 Å². The first kappa shape index (κ1) is 16.5. The first-order chi connectivity index (χ1) is 11.7. The van der Waals surface area contributed by atoms with Crippen LogP contribution in [0.25, 0.3) is 0 Å². The second kappa shape index (κ2) is 7.49. The maximum absolute atomic E-state index is 11.8. The number of aliphatic imine (C=N–C) groups is 1. The number of benzene rings is 2. The lowest BCUT2D eigenvalue weighted by atomic mass is 10.0. The van der Waals surface area contributed by atoms with E-state index in [1.165, 1.54) is 4.90 Å². The van der Waals surface area contributed by atoms with Crippen LogP contribution in [0.3, 0.4) is 0 Å². The van der Waals surface area contributed by atoms with Crippen molar-refractivity contribution in [2.24, 2.45) is 4.99 Å². The third-order valence-electron chi connectivity index (χ3n) is 3.75. The average molecular weight is 337 g/mol. The number of ether oxygens (including phenoxy) is 1. The third-order valence-corrected chi connectivity index (χ3v) is 4.75. The molecule has 1 aliphatic rings. The van der Waals surface area contributed by atoms with E-state index < -0.39 is 0 Å². The van der Waals surface area contributed by atoms with Crippen LogP contribution in [-0.2, 0) is 4.74 Å². The Morgan fingerprint density at radius 1 is 1.08 bits per heavy atom. The second-order valence-electron chi connectivity index (χ2n) is 5.33. The Hall–Kier alpha value is -2.33. The van der Waals surface area contributed by atoms with Gasteiger partial charge in [-0.1, -0.05) is 49.0 Å². The first-order valence-corrected chi connectivity index (χ1v) is 8.92. The fourth-order valence-corrected chi connectivity index (χ4v) is 3.42. The molecule has 2 aromatic carbocycles. The van der Waals surface area contributed by atoms with Crippen LogP contribution in [0.4, 0.5) is 0 Å². The number of hydrogen-bond donors (Lipinski definition) is 0. The van der Waals surface area contributed by atoms with Gasteiger partial charge in [0.25, 0.3) is 0 Å². The number of nitrogens with zero attached hydrogens (tertiary/aromatic N) is 1. The molecule has 0 amide bonds. The first-order valence-electron chi connectivity index (χ1n) is 8.04. The molecule has 0 saturated heterocycles. The Morgan fingerprint density at radius 3 is 2.54 bits per heavy atom. The largest absolute Gasteiger partial charge is 0.462 e. The van der Waals surface area contributed by atoms with Crippen molar-refractivity contribution in [2.45, 2.75) is 25.2 Å². The van der Waals surface area contributed by atoms with Gasteiger partial charge in [0.2, 0.25) is 0 Å². The van der Waals surface area contributed by atoms with Crippen LogP contribution in [0.2, 0.25) is 0 Å². The Balaban J connectivity index is 2.02. The molecule has 0 bridgehead atoms. The number of fused-ring (bicyclic) bond motifs is 1. The Labute approximate surface area is 146 Å². The predicted octanol–water partition coefficient (Wildman–Crippen LogP) is 5.06. The highest BCUT2D eigenvalue weighted by Gasteiger charge is 2.16. The zero-order valence-electron chi connectivity index (χ0n) is 13.8. The molecule has 0 spiro atoms. The zero-order valence-corrected chi connectivity index (χ0v) is 14.6. The number of carbonyl (C=O) groups is 1. The van der Waals surface area contributed by atoms with E-state index in [0.29, 0.717) is 12.2 Å². The van der Waals surface area contributed by atoms with E-state index >= 15 is 0 Å². The molecule has 0 aromatic heterocycles. The summed E-state index contributed by atoms with van der Waals surface area (Å²) in [5.41, 5.74) is 4.67. The molecular weight excluding hydrogens is 318 g/mol. The minimum atomic E-state index is -0.294. The number of hydrogen-bond acceptors (Lipinski definition) is 4. The molecule has 2 aromatic rings. The number of carbonyl (C=O) groups excluding carboxylic acids is 1. The number of rotatable bonds is 4. The van der Waals surface area contributed by atoms with Crippen LogP contribution >= 0.6 is 11.8 Å². The summed E-state index contributed by atoms with van der Waals surface area (Å²) >= 11 is 1.70. The Kier molecular flexibility index (Phi) is 5.16. The topological polar surface area (TPSA) is 38.7 Å². The molecule has 122 valence electrons. The Bertz CT molecular complexity index is 807. The van der Waals surface area contributed by atoms with Crippen LogP contribution in [0, 0.1) is 0 Å². The fraction of sp³-hybridized carbons (Fsp3) is 0.200. The van der Waals surface area contributed by atoms with Gasteiger partial charge in [0, 0.05) is 21.7 Å². The maximum Gasteiger partial charge on any atom is 0.338 e. The molecule has 0 N–H and O–H groups in total. The lowest BCUT2D eigenvalue weighted by Crippen LogP contribution is -2.07. The molecule has 0 aliphatic carbocycles. The lowest BCUT2D eigenvalue weighted by Gasteiger charge is -2.10. The molecule has 3 nitrogen and oxygen atoms in total. The van der Waals surface area contributed by atoms with Crippen molar-refractivity contribution in [1.82, 2.24) is 0 Å². The number of thioether (sulfide) groups is 1. The third kappa shape index (κ3) is 3.44. The van der Waals surface area contributed by atoms with Gasteiger partial charge in [0.15, 0.2) is 0 Å². The minimum absolute atomic E-state index is 0.294. The van der Waals surface area contributed by atoms with Crippen molar-refractivity contribution >= 4 is 23.4 Å². The molecular formula is C20H19NO2S. The molecule has 1 aliphatic heterocycles. The van der Waals surface area contributed by atoms with Gasteiger partial charge < -0.3 is 4.74 Å². The minimum Gasteiger partial charge on any atom is -0.462 e. The SMILES string of the molecule is CCOC(=O)c1ccc(C2=NC(CC)=CSc3ccccc32)cc1. The summed E-state index contributed by atoms with van der Waals surface area (Å²) in [5.74, 6) is -0.294. The van der Waals surface area contributed by atoms with Crippen LogP contribution < -0.4 is 0 Å². The second-order valence-corrected chi connectivity index (χ2v) is 6.25. The molecule has 0 saturated carbocycles. The van der Waals surface area contributed by atoms with E-state index in [9.17, 15) is 4.79 Å². The van der Waals surface area contributed by atoms with Gasteiger partial charge in [0.1, 0.15) is 0 Å². The van der Waals surface area contributed by atoms with E-state index in [4.69, 9.17) is 9.73 Å². The van der Waals surface area contributed by atoms with Crippen molar-refractivity contribution in [3.63, 3.8) is 0 Å². The van der Waals surface area contributed by atoms with E-state index in [-0.39, 0.29) is 5.97 Å². The van der Waals surface area contributed by atoms with Gasteiger partial charge in [-0.2, -0.15) is 0 Å². The van der Waals surface area contributed by atoms with Crippen molar-refractivity contribution in [3.8, 4) is 0 Å². The fourth-order valence-electron chi connectivity index (χ4n) is 2.49. The molecule has 0 radical (unpaired) electrons. The van der Waals surface area contributed by atoms with Crippen molar-refractivity contribution in [1.29, 1.82) is 0 Å². The van der Waals surface area contributed by atoms with E-state index in [1.807, 2.05) is 24.3 Å². The maximum atomic E-state index is 11.8. The van der Waals surface area contributed by atoms with Gasteiger partial charge >= 0.3 is 5.97 Å². The molecule has 1 heterocycles. The van der Waals surface area contributed by atoms with Crippen LogP contribution in [0.15, 0.2) is 69.5 Å². The highest BCUT2D eigenvalue weighted by atomic mass is 32.2. The summed E-state index contributed by atoms with van der Waals surface area (Å²) in [6.07, 6.45) is 0.880. The van der Waals surface area contributed by atoms with Gasteiger partial charge in [-0.15, -0.1) is 0 Å². The van der Waals surface area contributed by atoms with Crippen LogP contribution in [0.5, 0.6) is 0 Å². The normalized spacial score (nSPS) is 13.4. The summed E-state index contributed by atoms with van der Waals surface area (Å²) in [6.45, 7) is 4.29. The van der Waals surface area contributed by atoms with Gasteiger partial charge in [-0.05, 0) is 37.0 Å². The molecule has 0 atom stereocenters. The van der Waals surface area contributed by atoms with E-state index in [0.717, 1.165) is 29.0 Å². The quantitative estimate of drug-likeness (QED) is 0.732.